The normalized spacial score (nSPS) is 18.9. The molecule has 1 amide bonds. The number of aryl methyl sites for hydroxylation is 1. The number of carbonyl (C=O) groups excluding carboxylic acids is 1. The topological polar surface area (TPSA) is 54.9 Å². The van der Waals surface area contributed by atoms with E-state index >= 15 is 0 Å². The molecule has 2 atom stereocenters. The van der Waals surface area contributed by atoms with Crippen LogP contribution in [0.25, 0.3) is 0 Å². The number of amides is 1. The van der Waals surface area contributed by atoms with Crippen molar-refractivity contribution < 1.29 is 9.18 Å². The first kappa shape index (κ1) is 18.2. The number of fused-ring (bicyclic) bond motifs is 1. The molecule has 0 bridgehead atoms. The van der Waals surface area contributed by atoms with E-state index in [2.05, 4.69) is 29.1 Å². The highest BCUT2D eigenvalue weighted by molar-refractivity contribution is 8.01. The lowest BCUT2D eigenvalue weighted by atomic mass is 9.96. The minimum atomic E-state index is -0.323. The lowest BCUT2D eigenvalue weighted by Gasteiger charge is -2.15. The van der Waals surface area contributed by atoms with Crippen molar-refractivity contribution in [2.24, 2.45) is 0 Å². The number of hydrogen-bond donors (Lipinski definition) is 1. The van der Waals surface area contributed by atoms with Gasteiger partial charge in [-0.15, -0.1) is 11.8 Å². The summed E-state index contributed by atoms with van der Waals surface area (Å²) in [4.78, 5) is 21.3. The summed E-state index contributed by atoms with van der Waals surface area (Å²) in [5.74, 6) is 0.959. The van der Waals surface area contributed by atoms with Crippen molar-refractivity contribution >= 4 is 35.1 Å². The number of aromatic nitrogens is 2. The van der Waals surface area contributed by atoms with Gasteiger partial charge in [0.25, 0.3) is 0 Å². The van der Waals surface area contributed by atoms with Gasteiger partial charge in [-0.1, -0.05) is 25.6 Å². The van der Waals surface area contributed by atoms with Crippen molar-refractivity contribution in [1.29, 1.82) is 0 Å². The summed E-state index contributed by atoms with van der Waals surface area (Å²) in [7, 11) is 0. The molecule has 1 aliphatic heterocycles. The van der Waals surface area contributed by atoms with E-state index < -0.39 is 0 Å². The molecule has 0 saturated carbocycles. The molecule has 4 nitrogen and oxygen atoms in total. The van der Waals surface area contributed by atoms with Gasteiger partial charge >= 0.3 is 0 Å². The van der Waals surface area contributed by atoms with E-state index in [-0.39, 0.29) is 17.5 Å². The quantitative estimate of drug-likeness (QED) is 0.607. The zero-order valence-corrected chi connectivity index (χ0v) is 16.0. The Hall–Kier alpha value is -1.60. The molecular formula is C18H20FN3OS2. The van der Waals surface area contributed by atoms with Crippen LogP contribution in [-0.2, 0) is 4.79 Å². The van der Waals surface area contributed by atoms with Gasteiger partial charge in [0.2, 0.25) is 5.91 Å². The molecule has 3 rings (SSSR count). The summed E-state index contributed by atoms with van der Waals surface area (Å²) in [6.07, 6.45) is 1.03. The fourth-order valence-corrected chi connectivity index (χ4v) is 5.35. The number of nitrogens with zero attached hydrogens (tertiary/aromatic N) is 2. The van der Waals surface area contributed by atoms with Crippen LogP contribution in [0.2, 0.25) is 0 Å². The summed E-state index contributed by atoms with van der Waals surface area (Å²) >= 11 is 3.23. The Labute approximate surface area is 155 Å². The molecule has 132 valence electrons. The second kappa shape index (κ2) is 7.74. The van der Waals surface area contributed by atoms with Crippen LogP contribution >= 0.6 is 23.5 Å². The zero-order chi connectivity index (χ0) is 18.0. The molecule has 0 aliphatic carbocycles. The van der Waals surface area contributed by atoms with Crippen molar-refractivity contribution in [1.82, 2.24) is 9.97 Å². The maximum atomic E-state index is 12.9. The predicted octanol–water partition coefficient (Wildman–Crippen LogP) is 4.64. The Morgan fingerprint density at radius 2 is 2.04 bits per heavy atom. The van der Waals surface area contributed by atoms with E-state index in [9.17, 15) is 9.18 Å². The van der Waals surface area contributed by atoms with E-state index in [0.29, 0.717) is 16.9 Å². The predicted molar refractivity (Wildman–Crippen MR) is 101 cm³/mol. The van der Waals surface area contributed by atoms with Gasteiger partial charge in [-0.25, -0.2) is 14.4 Å². The van der Waals surface area contributed by atoms with Gasteiger partial charge in [-0.05, 0) is 37.6 Å². The van der Waals surface area contributed by atoms with Crippen LogP contribution in [0.3, 0.4) is 0 Å². The molecule has 1 aliphatic rings. The molecule has 1 aromatic carbocycles. The van der Waals surface area contributed by atoms with Crippen LogP contribution in [0, 0.1) is 12.7 Å². The second-order valence-corrected chi connectivity index (χ2v) is 8.31. The molecule has 0 radical (unpaired) electrons. The largest absolute Gasteiger partial charge is 0.325 e. The van der Waals surface area contributed by atoms with Gasteiger partial charge in [0.1, 0.15) is 21.7 Å². The van der Waals surface area contributed by atoms with Crippen molar-refractivity contribution in [3.8, 4) is 0 Å². The Bertz CT molecular complexity index is 783. The number of thioether (sulfide) groups is 2. The van der Waals surface area contributed by atoms with E-state index in [4.69, 9.17) is 0 Å². The highest BCUT2D eigenvalue weighted by atomic mass is 32.2. The first-order valence-electron chi connectivity index (χ1n) is 8.21. The van der Waals surface area contributed by atoms with Gasteiger partial charge in [0, 0.05) is 22.4 Å². The van der Waals surface area contributed by atoms with Gasteiger partial charge in [-0.2, -0.15) is 0 Å². The second-order valence-electron chi connectivity index (χ2n) is 5.98. The number of halogens is 1. The molecule has 2 heterocycles. The molecule has 25 heavy (non-hydrogen) atoms. The van der Waals surface area contributed by atoms with Crippen molar-refractivity contribution in [2.75, 3.05) is 11.1 Å². The highest BCUT2D eigenvalue weighted by Crippen LogP contribution is 2.48. The number of hydrogen-bond acceptors (Lipinski definition) is 5. The van der Waals surface area contributed by atoms with Crippen molar-refractivity contribution in [3.05, 3.63) is 41.5 Å². The van der Waals surface area contributed by atoms with Crippen LogP contribution in [0.4, 0.5) is 10.1 Å². The standard InChI is InChI=1S/C18H20FN3OS2/c1-4-14-10(2)25-18-16(14)17(20-11(3)21-18)24-9-15(23)22-13-7-5-12(19)6-8-13/h5-8,10,14H,4,9H2,1-3H3,(H,22,23). The van der Waals surface area contributed by atoms with Crippen LogP contribution in [0.1, 0.15) is 37.6 Å². The van der Waals surface area contributed by atoms with Gasteiger partial charge in [0.05, 0.1) is 5.75 Å². The van der Waals surface area contributed by atoms with Gasteiger partial charge < -0.3 is 5.32 Å². The smallest absolute Gasteiger partial charge is 0.234 e. The number of carbonyl (C=O) groups is 1. The molecule has 0 spiro atoms. The summed E-state index contributed by atoms with van der Waals surface area (Å²) < 4.78 is 12.9. The van der Waals surface area contributed by atoms with Crippen LogP contribution in [-0.4, -0.2) is 26.9 Å². The maximum absolute atomic E-state index is 12.9. The number of anilines is 1. The SMILES string of the molecule is CCC1c2c(SCC(=O)Nc3ccc(F)cc3)nc(C)nc2SC1C. The third-order valence-corrected chi connectivity index (χ3v) is 6.36. The first-order chi connectivity index (χ1) is 12.0. The Kier molecular flexibility index (Phi) is 5.64. The molecule has 0 fully saturated rings. The Balaban J connectivity index is 1.71. The Morgan fingerprint density at radius 1 is 1.32 bits per heavy atom. The van der Waals surface area contributed by atoms with Crippen molar-refractivity contribution in [3.63, 3.8) is 0 Å². The summed E-state index contributed by atoms with van der Waals surface area (Å²) in [5.41, 5.74) is 1.77. The highest BCUT2D eigenvalue weighted by Gasteiger charge is 2.33. The van der Waals surface area contributed by atoms with E-state index in [0.717, 1.165) is 22.3 Å². The number of benzene rings is 1. The average Bonchev–Trinajstić information content (AvgIpc) is 2.89. The molecule has 1 N–H and O–H groups in total. The fraction of sp³-hybridized carbons (Fsp3) is 0.389. The molecule has 2 aromatic rings. The molecule has 0 saturated heterocycles. The third kappa shape index (κ3) is 4.15. The third-order valence-electron chi connectivity index (χ3n) is 4.13. The minimum Gasteiger partial charge on any atom is -0.325 e. The van der Waals surface area contributed by atoms with E-state index in [1.54, 1.807) is 23.9 Å². The molecule has 7 heteroatoms. The Morgan fingerprint density at radius 3 is 2.72 bits per heavy atom. The first-order valence-corrected chi connectivity index (χ1v) is 10.1. The summed E-state index contributed by atoms with van der Waals surface area (Å²) in [6.45, 7) is 6.27. The lowest BCUT2D eigenvalue weighted by molar-refractivity contribution is -0.113. The molecular weight excluding hydrogens is 357 g/mol. The molecule has 1 aromatic heterocycles. The number of nitrogens with one attached hydrogen (secondary N) is 1. The number of rotatable bonds is 5. The van der Waals surface area contributed by atoms with Gasteiger partial charge in [0.15, 0.2) is 0 Å². The minimum absolute atomic E-state index is 0.131. The van der Waals surface area contributed by atoms with Crippen LogP contribution in [0.5, 0.6) is 0 Å². The summed E-state index contributed by atoms with van der Waals surface area (Å²) in [5, 5.41) is 5.21. The van der Waals surface area contributed by atoms with Gasteiger partial charge in [-0.3, -0.25) is 4.79 Å². The van der Waals surface area contributed by atoms with Crippen LogP contribution < -0.4 is 5.32 Å². The maximum Gasteiger partial charge on any atom is 0.234 e. The van der Waals surface area contributed by atoms with Crippen molar-refractivity contribution in [2.45, 2.75) is 48.4 Å². The monoisotopic (exact) mass is 377 g/mol. The lowest BCUT2D eigenvalue weighted by Crippen LogP contribution is -2.15. The molecule has 2 unspecified atom stereocenters. The fourth-order valence-electron chi connectivity index (χ4n) is 2.94. The summed E-state index contributed by atoms with van der Waals surface area (Å²) in [6, 6.07) is 5.76. The zero-order valence-electron chi connectivity index (χ0n) is 14.4. The van der Waals surface area contributed by atoms with E-state index in [1.165, 1.54) is 29.5 Å². The average molecular weight is 378 g/mol. The van der Waals surface area contributed by atoms with Crippen LogP contribution in [0.15, 0.2) is 34.3 Å². The van der Waals surface area contributed by atoms with E-state index in [1.807, 2.05) is 6.92 Å².